The normalized spacial score (nSPS) is 49.1. The molecule has 1 aromatic rings. The van der Waals surface area contributed by atoms with Gasteiger partial charge in [0.15, 0.2) is 0 Å². The van der Waals surface area contributed by atoms with Crippen LogP contribution in [0.3, 0.4) is 0 Å². The van der Waals surface area contributed by atoms with E-state index in [2.05, 4.69) is 13.8 Å². The molecule has 1 N–H and O–H groups in total. The van der Waals surface area contributed by atoms with Gasteiger partial charge in [0.1, 0.15) is 0 Å². The molecule has 1 aromatic heterocycles. The molecule has 4 aliphatic carbocycles. The maximum atomic E-state index is 12.2. The van der Waals surface area contributed by atoms with Crippen molar-refractivity contribution in [2.75, 3.05) is 0 Å². The van der Waals surface area contributed by atoms with Gasteiger partial charge >= 0.3 is 5.63 Å². The van der Waals surface area contributed by atoms with Gasteiger partial charge < -0.3 is 9.52 Å². The molecule has 148 valence electrons. The van der Waals surface area contributed by atoms with Crippen LogP contribution in [0.1, 0.15) is 89.5 Å². The minimum absolute atomic E-state index is 0.105. The summed E-state index contributed by atoms with van der Waals surface area (Å²) < 4.78 is 5.18. The maximum Gasteiger partial charge on any atom is 0.335 e. The molecule has 0 radical (unpaired) electrons. The first-order valence-corrected chi connectivity index (χ1v) is 11.2. The number of rotatable bonds is 1. The Morgan fingerprint density at radius 1 is 0.963 bits per heavy atom. The highest BCUT2D eigenvalue weighted by Crippen LogP contribution is 2.70. The predicted molar refractivity (Wildman–Crippen MR) is 106 cm³/mol. The van der Waals surface area contributed by atoms with E-state index in [1.807, 2.05) is 6.07 Å². The lowest BCUT2D eigenvalue weighted by Crippen LogP contribution is -2.61. The van der Waals surface area contributed by atoms with E-state index in [1.54, 1.807) is 6.26 Å². The van der Waals surface area contributed by atoms with Gasteiger partial charge in [-0.25, -0.2) is 4.79 Å². The summed E-state index contributed by atoms with van der Waals surface area (Å²) >= 11 is 0. The van der Waals surface area contributed by atoms with Crippen LogP contribution >= 0.6 is 0 Å². The Morgan fingerprint density at radius 3 is 2.59 bits per heavy atom. The van der Waals surface area contributed by atoms with E-state index < -0.39 is 5.60 Å². The molecule has 27 heavy (non-hydrogen) atoms. The van der Waals surface area contributed by atoms with Crippen molar-refractivity contribution in [2.45, 2.75) is 89.6 Å². The smallest absolute Gasteiger partial charge is 0.335 e. The summed E-state index contributed by atoms with van der Waals surface area (Å²) in [5, 5.41) is 12.2. The molecule has 5 rings (SSSR count). The molecule has 0 aromatic carbocycles. The summed E-state index contributed by atoms with van der Waals surface area (Å²) in [6.45, 7) is 4.87. The van der Waals surface area contributed by atoms with Crippen molar-refractivity contribution < 1.29 is 9.52 Å². The summed E-state index contributed by atoms with van der Waals surface area (Å²) in [5.41, 5.74) is 0.581. The second-order valence-electron chi connectivity index (χ2n) is 10.6. The zero-order chi connectivity index (χ0) is 18.9. The van der Waals surface area contributed by atoms with Gasteiger partial charge in [0.05, 0.1) is 11.9 Å². The minimum Gasteiger partial charge on any atom is -0.431 e. The molecule has 4 aliphatic rings. The molecule has 0 aliphatic heterocycles. The van der Waals surface area contributed by atoms with Crippen LogP contribution in [-0.4, -0.2) is 10.7 Å². The Hall–Kier alpha value is -1.09. The van der Waals surface area contributed by atoms with Crippen LogP contribution in [0.4, 0.5) is 0 Å². The van der Waals surface area contributed by atoms with Crippen LogP contribution in [-0.2, 0) is 0 Å². The molecule has 0 bridgehead atoms. The number of hydrogen-bond acceptors (Lipinski definition) is 3. The first kappa shape index (κ1) is 18.0. The topological polar surface area (TPSA) is 50.4 Å². The summed E-state index contributed by atoms with van der Waals surface area (Å²) in [6, 6.07) is 3.47. The van der Waals surface area contributed by atoms with E-state index in [9.17, 15) is 9.90 Å². The Labute approximate surface area is 162 Å². The first-order chi connectivity index (χ1) is 12.9. The third kappa shape index (κ3) is 2.33. The van der Waals surface area contributed by atoms with Gasteiger partial charge in [-0.3, -0.25) is 0 Å². The molecular formula is C24H34O3. The molecule has 0 spiro atoms. The SMILES string of the molecule is C[C@]12CCCC[C@H]1CC[C@@H]1[C@@H]2CC[C@]2(C)[C@@H](c3ccc(=O)oc3)CC[C@]12O. The van der Waals surface area contributed by atoms with Crippen molar-refractivity contribution in [1.29, 1.82) is 0 Å². The molecule has 0 saturated heterocycles. The molecule has 4 fully saturated rings. The standard InChI is InChI=1S/C24H34O3/c1-22-12-4-3-5-17(22)7-8-20-19(22)10-13-23(2)18(11-14-24(20,23)26)16-6-9-21(25)27-15-16/h6,9,15,17-20,26H,3-5,7-8,10-14H2,1-2H3/t17-,18+,19-,20+,22-,23+,24-/m0/s1. The highest BCUT2D eigenvalue weighted by molar-refractivity contribution is 5.26. The van der Waals surface area contributed by atoms with Gasteiger partial charge in [0, 0.05) is 11.5 Å². The summed E-state index contributed by atoms with van der Waals surface area (Å²) in [7, 11) is 0. The van der Waals surface area contributed by atoms with Gasteiger partial charge in [0.2, 0.25) is 0 Å². The lowest BCUT2D eigenvalue weighted by Gasteiger charge is -2.63. The number of aliphatic hydroxyl groups is 1. The Kier molecular flexibility index (Phi) is 3.96. The first-order valence-electron chi connectivity index (χ1n) is 11.2. The fourth-order valence-corrected chi connectivity index (χ4v) is 8.36. The van der Waals surface area contributed by atoms with Crippen molar-refractivity contribution in [3.8, 4) is 0 Å². The Bertz CT molecular complexity index is 764. The van der Waals surface area contributed by atoms with Gasteiger partial charge in [-0.05, 0) is 92.1 Å². The summed E-state index contributed by atoms with van der Waals surface area (Å²) in [4.78, 5) is 11.4. The van der Waals surface area contributed by atoms with Crippen molar-refractivity contribution in [3.05, 3.63) is 34.4 Å². The van der Waals surface area contributed by atoms with Crippen LogP contribution < -0.4 is 5.63 Å². The average Bonchev–Trinajstić information content (AvgIpc) is 2.94. The number of fused-ring (bicyclic) bond motifs is 5. The zero-order valence-corrected chi connectivity index (χ0v) is 16.9. The molecule has 4 saturated carbocycles. The highest BCUT2D eigenvalue weighted by Gasteiger charge is 2.67. The van der Waals surface area contributed by atoms with Crippen molar-refractivity contribution in [2.24, 2.45) is 28.6 Å². The second-order valence-corrected chi connectivity index (χ2v) is 10.6. The van der Waals surface area contributed by atoms with Crippen molar-refractivity contribution in [3.63, 3.8) is 0 Å². The summed E-state index contributed by atoms with van der Waals surface area (Å²) in [5.74, 6) is 2.30. The van der Waals surface area contributed by atoms with E-state index >= 15 is 0 Å². The molecule has 1 heterocycles. The number of hydrogen-bond donors (Lipinski definition) is 1. The maximum absolute atomic E-state index is 12.2. The zero-order valence-electron chi connectivity index (χ0n) is 16.9. The van der Waals surface area contributed by atoms with E-state index in [0.29, 0.717) is 23.2 Å². The fraction of sp³-hybridized carbons (Fsp3) is 0.792. The quantitative estimate of drug-likeness (QED) is 0.732. The van der Waals surface area contributed by atoms with Crippen LogP contribution in [0.2, 0.25) is 0 Å². The van der Waals surface area contributed by atoms with E-state index in [1.165, 1.54) is 51.0 Å². The van der Waals surface area contributed by atoms with Gasteiger partial charge in [-0.2, -0.15) is 0 Å². The van der Waals surface area contributed by atoms with Crippen LogP contribution in [0, 0.1) is 28.6 Å². The van der Waals surface area contributed by atoms with Crippen LogP contribution in [0.5, 0.6) is 0 Å². The largest absolute Gasteiger partial charge is 0.431 e. The molecule has 3 heteroatoms. The van der Waals surface area contributed by atoms with Crippen molar-refractivity contribution in [1.82, 2.24) is 0 Å². The van der Waals surface area contributed by atoms with Crippen molar-refractivity contribution >= 4 is 0 Å². The Morgan fingerprint density at radius 2 is 1.81 bits per heavy atom. The van der Waals surface area contributed by atoms with Gasteiger partial charge in [-0.1, -0.05) is 26.7 Å². The van der Waals surface area contributed by atoms with Gasteiger partial charge in [0.25, 0.3) is 0 Å². The lowest BCUT2D eigenvalue weighted by molar-refractivity contribution is -0.200. The van der Waals surface area contributed by atoms with Gasteiger partial charge in [-0.15, -0.1) is 0 Å². The minimum atomic E-state index is -0.567. The average molecular weight is 371 g/mol. The third-order valence-corrected chi connectivity index (χ3v) is 9.90. The lowest BCUT2D eigenvalue weighted by atomic mass is 9.43. The molecule has 0 amide bonds. The molecule has 0 unspecified atom stereocenters. The van der Waals surface area contributed by atoms with E-state index in [-0.39, 0.29) is 11.0 Å². The van der Waals surface area contributed by atoms with Crippen LogP contribution in [0.25, 0.3) is 0 Å². The fourth-order valence-electron chi connectivity index (χ4n) is 8.36. The summed E-state index contributed by atoms with van der Waals surface area (Å²) in [6.07, 6.45) is 13.9. The second kappa shape index (κ2) is 5.95. The van der Waals surface area contributed by atoms with Crippen LogP contribution in [0.15, 0.2) is 27.6 Å². The monoisotopic (exact) mass is 370 g/mol. The molecular weight excluding hydrogens is 336 g/mol. The Balaban J connectivity index is 1.50. The highest BCUT2D eigenvalue weighted by atomic mass is 16.4. The third-order valence-electron chi connectivity index (χ3n) is 9.90. The van der Waals surface area contributed by atoms with E-state index in [0.717, 1.165) is 30.7 Å². The van der Waals surface area contributed by atoms with E-state index in [4.69, 9.17) is 4.42 Å². The molecule has 3 nitrogen and oxygen atoms in total. The molecule has 7 atom stereocenters. The predicted octanol–water partition coefficient (Wildman–Crippen LogP) is 5.27.